The number of carbonyl (C=O) groups excluding carboxylic acids is 2. The number of hydrogen-bond donors (Lipinski definition) is 1. The van der Waals surface area contributed by atoms with Gasteiger partial charge in [0.2, 0.25) is 0 Å². The number of carbonyl (C=O) groups is 2. The van der Waals surface area contributed by atoms with E-state index in [9.17, 15) is 9.59 Å². The minimum Gasteiger partial charge on any atom is -0.493 e. The molecule has 3 rings (SSSR count). The predicted molar refractivity (Wildman–Crippen MR) is 114 cm³/mol. The summed E-state index contributed by atoms with van der Waals surface area (Å²) in [4.78, 5) is 27.3. The van der Waals surface area contributed by atoms with E-state index in [4.69, 9.17) is 4.74 Å². The summed E-state index contributed by atoms with van der Waals surface area (Å²) >= 11 is 3.39. The second kappa shape index (κ2) is 9.73. The van der Waals surface area contributed by atoms with Gasteiger partial charge in [-0.05, 0) is 62.2 Å². The largest absolute Gasteiger partial charge is 0.493 e. The first kappa shape index (κ1) is 20.4. The molecule has 1 N–H and O–H groups in total. The number of ether oxygens (including phenoxy) is 1. The third kappa shape index (κ3) is 5.13. The minimum atomic E-state index is -0.253. The van der Waals surface area contributed by atoms with Gasteiger partial charge in [0.25, 0.3) is 11.8 Å². The summed E-state index contributed by atoms with van der Waals surface area (Å²) in [5.74, 6) is 0.345. The van der Waals surface area contributed by atoms with Crippen LogP contribution in [0.1, 0.15) is 53.3 Å². The highest BCUT2D eigenvalue weighted by Crippen LogP contribution is 2.25. The molecule has 0 aromatic heterocycles. The van der Waals surface area contributed by atoms with Crippen molar-refractivity contribution < 1.29 is 14.3 Å². The molecule has 0 atom stereocenters. The molecule has 0 aliphatic carbocycles. The number of benzene rings is 2. The molecule has 1 saturated heterocycles. The molecule has 0 spiro atoms. The molecule has 0 radical (unpaired) electrons. The summed E-state index contributed by atoms with van der Waals surface area (Å²) in [5, 5.41) is 2.88. The zero-order chi connectivity index (χ0) is 19.9. The molecule has 1 heterocycles. The van der Waals surface area contributed by atoms with Crippen molar-refractivity contribution in [2.24, 2.45) is 0 Å². The molecule has 1 aliphatic heterocycles. The Balaban J connectivity index is 1.69. The second-order valence-electron chi connectivity index (χ2n) is 6.81. The molecule has 148 valence electrons. The van der Waals surface area contributed by atoms with E-state index in [2.05, 4.69) is 21.2 Å². The van der Waals surface area contributed by atoms with Gasteiger partial charge in [-0.1, -0.05) is 28.8 Å². The van der Waals surface area contributed by atoms with Gasteiger partial charge in [0.15, 0.2) is 0 Å². The van der Waals surface area contributed by atoms with E-state index in [1.165, 1.54) is 12.8 Å². The lowest BCUT2D eigenvalue weighted by Gasteiger charge is -2.20. The fourth-order valence-corrected chi connectivity index (χ4v) is 3.67. The predicted octanol–water partition coefficient (Wildman–Crippen LogP) is 5.12. The maximum absolute atomic E-state index is 12.7. The second-order valence-corrected chi connectivity index (χ2v) is 7.73. The standard InChI is InChI=1S/C22H25BrN2O3/c1-2-28-20-12-9-17(23)15-19(20)21(26)24-18-10-7-16(8-11-18)22(27)25-13-5-3-4-6-14-25/h7-12,15H,2-6,13-14H2,1H3,(H,24,26). The fourth-order valence-electron chi connectivity index (χ4n) is 3.31. The van der Waals surface area contributed by atoms with Crippen LogP contribution in [0.25, 0.3) is 0 Å². The van der Waals surface area contributed by atoms with Crippen LogP contribution in [0.3, 0.4) is 0 Å². The average molecular weight is 445 g/mol. The molecular weight excluding hydrogens is 420 g/mol. The summed E-state index contributed by atoms with van der Waals surface area (Å²) in [6, 6.07) is 12.4. The van der Waals surface area contributed by atoms with Gasteiger partial charge in [-0.15, -0.1) is 0 Å². The lowest BCUT2D eigenvalue weighted by atomic mass is 10.1. The highest BCUT2D eigenvalue weighted by molar-refractivity contribution is 9.10. The number of nitrogens with zero attached hydrogens (tertiary/aromatic N) is 1. The molecule has 28 heavy (non-hydrogen) atoms. The van der Waals surface area contributed by atoms with Crippen molar-refractivity contribution in [3.63, 3.8) is 0 Å². The Labute approximate surface area is 174 Å². The van der Waals surface area contributed by atoms with Gasteiger partial charge >= 0.3 is 0 Å². The fraction of sp³-hybridized carbons (Fsp3) is 0.364. The van der Waals surface area contributed by atoms with Crippen molar-refractivity contribution >= 4 is 33.4 Å². The van der Waals surface area contributed by atoms with E-state index >= 15 is 0 Å². The summed E-state index contributed by atoms with van der Waals surface area (Å²) < 4.78 is 6.35. The number of anilines is 1. The molecule has 6 heteroatoms. The van der Waals surface area contributed by atoms with Crippen molar-refractivity contribution in [1.29, 1.82) is 0 Å². The highest BCUT2D eigenvalue weighted by atomic mass is 79.9. The molecule has 1 aliphatic rings. The maximum Gasteiger partial charge on any atom is 0.259 e. The van der Waals surface area contributed by atoms with E-state index in [1.54, 1.807) is 36.4 Å². The zero-order valence-corrected chi connectivity index (χ0v) is 17.6. The Hall–Kier alpha value is -2.34. The van der Waals surface area contributed by atoms with E-state index in [0.29, 0.717) is 29.2 Å². The quantitative estimate of drug-likeness (QED) is 0.696. The van der Waals surface area contributed by atoms with E-state index in [0.717, 1.165) is 30.4 Å². The zero-order valence-electron chi connectivity index (χ0n) is 16.0. The minimum absolute atomic E-state index is 0.0606. The topological polar surface area (TPSA) is 58.6 Å². The van der Waals surface area contributed by atoms with Crippen molar-refractivity contribution in [3.05, 3.63) is 58.1 Å². The van der Waals surface area contributed by atoms with Crippen LogP contribution in [0.15, 0.2) is 46.9 Å². The Morgan fingerprint density at radius 1 is 1.04 bits per heavy atom. The Morgan fingerprint density at radius 2 is 1.71 bits per heavy atom. The third-order valence-electron chi connectivity index (χ3n) is 4.77. The molecule has 1 fully saturated rings. The lowest BCUT2D eigenvalue weighted by molar-refractivity contribution is 0.0761. The number of halogens is 1. The van der Waals surface area contributed by atoms with Crippen molar-refractivity contribution in [3.8, 4) is 5.75 Å². The monoisotopic (exact) mass is 444 g/mol. The summed E-state index contributed by atoms with van der Waals surface area (Å²) in [7, 11) is 0. The van der Waals surface area contributed by atoms with E-state index in [1.807, 2.05) is 17.9 Å². The van der Waals surface area contributed by atoms with Crippen molar-refractivity contribution in [2.75, 3.05) is 25.0 Å². The van der Waals surface area contributed by atoms with Crippen LogP contribution >= 0.6 is 15.9 Å². The van der Waals surface area contributed by atoms with E-state index < -0.39 is 0 Å². The average Bonchev–Trinajstić information content (AvgIpc) is 2.99. The van der Waals surface area contributed by atoms with Gasteiger partial charge in [0.05, 0.1) is 12.2 Å². The van der Waals surface area contributed by atoms with Gasteiger partial charge in [-0.3, -0.25) is 9.59 Å². The molecular formula is C22H25BrN2O3. The van der Waals surface area contributed by atoms with Crippen LogP contribution in [-0.2, 0) is 0 Å². The number of nitrogens with one attached hydrogen (secondary N) is 1. The van der Waals surface area contributed by atoms with E-state index in [-0.39, 0.29) is 11.8 Å². The Kier molecular flexibility index (Phi) is 7.09. The SMILES string of the molecule is CCOc1ccc(Br)cc1C(=O)Nc1ccc(C(=O)N2CCCCCC2)cc1. The van der Waals surface area contributed by atoms with Crippen molar-refractivity contribution in [2.45, 2.75) is 32.6 Å². The smallest absolute Gasteiger partial charge is 0.259 e. The first-order valence-corrected chi connectivity index (χ1v) is 10.5. The normalized spacial score (nSPS) is 14.3. The maximum atomic E-state index is 12.7. The van der Waals surface area contributed by atoms with Crippen LogP contribution in [-0.4, -0.2) is 36.4 Å². The lowest BCUT2D eigenvalue weighted by Crippen LogP contribution is -2.31. The number of hydrogen-bond acceptors (Lipinski definition) is 3. The Morgan fingerprint density at radius 3 is 2.36 bits per heavy atom. The number of likely N-dealkylation sites (tertiary alicyclic amines) is 1. The van der Waals surface area contributed by atoms with Crippen LogP contribution in [0.5, 0.6) is 5.75 Å². The van der Waals surface area contributed by atoms with Gasteiger partial charge in [0.1, 0.15) is 5.75 Å². The summed E-state index contributed by atoms with van der Waals surface area (Å²) in [5.41, 5.74) is 1.75. The first-order chi connectivity index (χ1) is 13.6. The van der Waals surface area contributed by atoms with Crippen LogP contribution < -0.4 is 10.1 Å². The van der Waals surface area contributed by atoms with Gasteiger partial charge in [0, 0.05) is 28.8 Å². The molecule has 0 saturated carbocycles. The number of amides is 2. The van der Waals surface area contributed by atoms with Crippen molar-refractivity contribution in [1.82, 2.24) is 4.90 Å². The van der Waals surface area contributed by atoms with Crippen LogP contribution in [0, 0.1) is 0 Å². The summed E-state index contributed by atoms with van der Waals surface area (Å²) in [6.07, 6.45) is 4.51. The number of rotatable bonds is 5. The first-order valence-electron chi connectivity index (χ1n) is 9.71. The molecule has 2 aromatic rings. The molecule has 5 nitrogen and oxygen atoms in total. The van der Waals surface area contributed by atoms with Gasteiger partial charge < -0.3 is 15.0 Å². The highest BCUT2D eigenvalue weighted by Gasteiger charge is 2.18. The molecule has 2 aromatic carbocycles. The van der Waals surface area contributed by atoms with Gasteiger partial charge in [-0.2, -0.15) is 0 Å². The van der Waals surface area contributed by atoms with Crippen LogP contribution in [0.2, 0.25) is 0 Å². The van der Waals surface area contributed by atoms with Crippen LogP contribution in [0.4, 0.5) is 5.69 Å². The Bertz CT molecular complexity index is 828. The summed E-state index contributed by atoms with van der Waals surface area (Å²) in [6.45, 7) is 4.00. The molecule has 0 bridgehead atoms. The molecule has 0 unspecified atom stereocenters. The molecule has 2 amide bonds. The third-order valence-corrected chi connectivity index (χ3v) is 5.26. The van der Waals surface area contributed by atoms with Gasteiger partial charge in [-0.25, -0.2) is 0 Å².